The van der Waals surface area contributed by atoms with Crippen LogP contribution in [0.3, 0.4) is 0 Å². The number of para-hydroxylation sites is 2. The summed E-state index contributed by atoms with van der Waals surface area (Å²) in [6.45, 7) is 3.89. The number of hydrogen-bond donors (Lipinski definition) is 0. The van der Waals surface area contributed by atoms with Gasteiger partial charge in [-0.2, -0.15) is 0 Å². The summed E-state index contributed by atoms with van der Waals surface area (Å²) >= 11 is 0. The molecule has 0 atom stereocenters. The molecule has 2 heteroatoms. The Bertz CT molecular complexity index is 469. The Morgan fingerprint density at radius 2 is 1.87 bits per heavy atom. The quantitative estimate of drug-likeness (QED) is 0.608. The van der Waals surface area contributed by atoms with Crippen LogP contribution in [0.5, 0.6) is 0 Å². The first-order chi connectivity index (χ1) is 7.27. The van der Waals surface area contributed by atoms with E-state index in [1.165, 1.54) is 0 Å². The fraction of sp³-hybridized carbons (Fsp3) is 0.231. The molecular weight excluding hydrogens is 184 g/mol. The van der Waals surface area contributed by atoms with Gasteiger partial charge in [0.15, 0.2) is 0 Å². The lowest BCUT2D eigenvalue weighted by molar-refractivity contribution is 1.19. The second-order valence-corrected chi connectivity index (χ2v) is 3.06. The number of rotatable bonds is 0. The van der Waals surface area contributed by atoms with Crippen molar-refractivity contribution in [3.63, 3.8) is 0 Å². The van der Waals surface area contributed by atoms with Crippen molar-refractivity contribution in [1.29, 1.82) is 0 Å². The highest BCUT2D eigenvalue weighted by Crippen LogP contribution is 2.06. The van der Waals surface area contributed by atoms with E-state index in [0.717, 1.165) is 23.1 Å². The summed E-state index contributed by atoms with van der Waals surface area (Å²) in [5.74, 6) is 2.43. The maximum atomic E-state index is 4.78. The molecule has 15 heavy (non-hydrogen) atoms. The molecule has 0 aliphatic heterocycles. The summed E-state index contributed by atoms with van der Waals surface area (Å²) in [6.07, 6.45) is 7.41. The molecule has 2 aromatic rings. The number of aryl methyl sites for hydroxylation is 1. The first-order valence-corrected chi connectivity index (χ1v) is 4.89. The van der Waals surface area contributed by atoms with Crippen molar-refractivity contribution in [2.24, 2.45) is 0 Å². The van der Waals surface area contributed by atoms with Gasteiger partial charge in [-0.05, 0) is 19.1 Å². The van der Waals surface area contributed by atoms with E-state index in [1.54, 1.807) is 6.20 Å². The van der Waals surface area contributed by atoms with Crippen molar-refractivity contribution in [2.45, 2.75) is 20.3 Å². The molecule has 1 aromatic heterocycles. The average Bonchev–Trinajstić information content (AvgIpc) is 2.29. The lowest BCUT2D eigenvalue weighted by atomic mass is 10.3. The molecule has 0 amide bonds. The summed E-state index contributed by atoms with van der Waals surface area (Å²) < 4.78 is 0. The second kappa shape index (κ2) is 5.77. The predicted octanol–water partition coefficient (Wildman–Crippen LogP) is 2.97. The van der Waals surface area contributed by atoms with Crippen LogP contribution in [-0.4, -0.2) is 9.97 Å². The highest BCUT2D eigenvalue weighted by molar-refractivity contribution is 5.73. The molecule has 0 N–H and O–H groups in total. The Balaban J connectivity index is 0.000000245. The van der Waals surface area contributed by atoms with Crippen molar-refractivity contribution in [2.75, 3.05) is 0 Å². The zero-order valence-electron chi connectivity index (χ0n) is 9.07. The minimum Gasteiger partial charge on any atom is -0.253 e. The minimum absolute atomic E-state index is 0.847. The molecular formula is C13H14N2. The Morgan fingerprint density at radius 1 is 1.27 bits per heavy atom. The van der Waals surface area contributed by atoms with E-state index in [2.05, 4.69) is 15.9 Å². The molecule has 0 aliphatic rings. The van der Waals surface area contributed by atoms with Crippen molar-refractivity contribution >= 4 is 11.0 Å². The van der Waals surface area contributed by atoms with E-state index in [0.29, 0.717) is 0 Å². The fourth-order valence-electron chi connectivity index (χ4n) is 1.05. The van der Waals surface area contributed by atoms with Crippen LogP contribution in [0, 0.1) is 19.3 Å². The van der Waals surface area contributed by atoms with E-state index >= 15 is 0 Å². The van der Waals surface area contributed by atoms with Crippen LogP contribution in [-0.2, 0) is 0 Å². The van der Waals surface area contributed by atoms with E-state index in [-0.39, 0.29) is 0 Å². The molecule has 0 radical (unpaired) electrons. The van der Waals surface area contributed by atoms with Crippen molar-refractivity contribution in [3.05, 3.63) is 36.2 Å². The van der Waals surface area contributed by atoms with Crippen molar-refractivity contribution in [1.82, 2.24) is 9.97 Å². The topological polar surface area (TPSA) is 25.8 Å². The molecule has 1 heterocycles. The zero-order valence-corrected chi connectivity index (χ0v) is 9.07. The van der Waals surface area contributed by atoms with Crippen LogP contribution in [0.15, 0.2) is 30.5 Å². The molecule has 2 nitrogen and oxygen atoms in total. The highest BCUT2D eigenvalue weighted by Gasteiger charge is 1.92. The van der Waals surface area contributed by atoms with Crippen LogP contribution >= 0.6 is 0 Å². The van der Waals surface area contributed by atoms with Gasteiger partial charge in [-0.25, -0.2) is 4.98 Å². The fourth-order valence-corrected chi connectivity index (χ4v) is 1.05. The van der Waals surface area contributed by atoms with Gasteiger partial charge < -0.3 is 0 Å². The summed E-state index contributed by atoms with van der Waals surface area (Å²) in [5.41, 5.74) is 2.88. The molecule has 1 aromatic carbocycles. The molecule has 0 saturated carbocycles. The zero-order chi connectivity index (χ0) is 11.1. The van der Waals surface area contributed by atoms with Gasteiger partial charge in [-0.15, -0.1) is 12.3 Å². The molecule has 76 valence electrons. The minimum atomic E-state index is 0.847. The first-order valence-electron chi connectivity index (χ1n) is 4.89. The lowest BCUT2D eigenvalue weighted by Gasteiger charge is -1.95. The summed E-state index contributed by atoms with van der Waals surface area (Å²) in [5, 5.41) is 0. The van der Waals surface area contributed by atoms with Crippen LogP contribution < -0.4 is 0 Å². The largest absolute Gasteiger partial charge is 0.253 e. The summed E-state index contributed by atoms with van der Waals surface area (Å²) in [7, 11) is 0. The third-order valence-electron chi connectivity index (χ3n) is 1.77. The SMILES string of the molecule is C#CCC.Cc1cnc2ccccc2n1. The Hall–Kier alpha value is -1.88. The van der Waals surface area contributed by atoms with E-state index < -0.39 is 0 Å². The Labute approximate surface area is 90.4 Å². The van der Waals surface area contributed by atoms with Gasteiger partial charge in [0, 0.05) is 12.6 Å². The maximum absolute atomic E-state index is 4.78. The van der Waals surface area contributed by atoms with Gasteiger partial charge in [0.1, 0.15) is 0 Å². The molecule has 0 aliphatic carbocycles. The van der Waals surface area contributed by atoms with Gasteiger partial charge in [-0.3, -0.25) is 4.98 Å². The van der Waals surface area contributed by atoms with Gasteiger partial charge in [0.05, 0.1) is 16.7 Å². The number of hydrogen-bond acceptors (Lipinski definition) is 2. The lowest BCUT2D eigenvalue weighted by Crippen LogP contribution is -1.85. The smallest absolute Gasteiger partial charge is 0.0889 e. The first kappa shape index (κ1) is 11.2. The second-order valence-electron chi connectivity index (χ2n) is 3.06. The number of fused-ring (bicyclic) bond motifs is 1. The predicted molar refractivity (Wildman–Crippen MR) is 63.4 cm³/mol. The van der Waals surface area contributed by atoms with Crippen molar-refractivity contribution in [3.8, 4) is 12.3 Å². The van der Waals surface area contributed by atoms with Crippen LogP contribution in [0.25, 0.3) is 11.0 Å². The number of aromatic nitrogens is 2. The van der Waals surface area contributed by atoms with Gasteiger partial charge in [0.2, 0.25) is 0 Å². The molecule has 0 fully saturated rings. The Kier molecular flexibility index (Phi) is 4.30. The highest BCUT2D eigenvalue weighted by atomic mass is 14.8. The van der Waals surface area contributed by atoms with E-state index in [1.807, 2.05) is 38.1 Å². The molecule has 0 spiro atoms. The molecule has 0 bridgehead atoms. The Morgan fingerprint density at radius 3 is 2.47 bits per heavy atom. The van der Waals surface area contributed by atoms with Gasteiger partial charge >= 0.3 is 0 Å². The molecule has 2 rings (SSSR count). The monoisotopic (exact) mass is 198 g/mol. The number of nitrogens with zero attached hydrogens (tertiary/aromatic N) is 2. The van der Waals surface area contributed by atoms with E-state index in [4.69, 9.17) is 6.42 Å². The standard InChI is InChI=1S/C9H8N2.C4H6/c1-7-6-10-8-4-2-3-5-9(8)11-7;1-3-4-2/h2-6H,1H3;1H,4H2,2H3. The van der Waals surface area contributed by atoms with Gasteiger partial charge in [0.25, 0.3) is 0 Å². The van der Waals surface area contributed by atoms with Gasteiger partial charge in [-0.1, -0.05) is 19.1 Å². The average molecular weight is 198 g/mol. The number of terminal acetylenes is 1. The molecule has 0 unspecified atom stereocenters. The normalized spacial score (nSPS) is 8.87. The van der Waals surface area contributed by atoms with Crippen LogP contribution in [0.2, 0.25) is 0 Å². The third kappa shape index (κ3) is 3.40. The summed E-state index contributed by atoms with van der Waals surface area (Å²) in [6, 6.07) is 7.86. The maximum Gasteiger partial charge on any atom is 0.0889 e. The van der Waals surface area contributed by atoms with Crippen LogP contribution in [0.1, 0.15) is 19.0 Å². The summed E-state index contributed by atoms with van der Waals surface area (Å²) in [4.78, 5) is 8.53. The van der Waals surface area contributed by atoms with E-state index in [9.17, 15) is 0 Å². The van der Waals surface area contributed by atoms with Crippen molar-refractivity contribution < 1.29 is 0 Å². The molecule has 0 saturated heterocycles. The third-order valence-corrected chi connectivity index (χ3v) is 1.77. The van der Waals surface area contributed by atoms with Crippen LogP contribution in [0.4, 0.5) is 0 Å². The number of benzene rings is 1.